The Kier molecular flexibility index (Phi) is 6.05. The summed E-state index contributed by atoms with van der Waals surface area (Å²) in [4.78, 5) is 22.9. The van der Waals surface area contributed by atoms with Crippen LogP contribution in [0.5, 0.6) is 0 Å². The molecule has 0 saturated carbocycles. The summed E-state index contributed by atoms with van der Waals surface area (Å²) in [5.41, 5.74) is 1.04. The van der Waals surface area contributed by atoms with E-state index in [2.05, 4.69) is 36.2 Å². The van der Waals surface area contributed by atoms with Gasteiger partial charge in [-0.1, -0.05) is 28.1 Å². The van der Waals surface area contributed by atoms with Crippen LogP contribution < -0.4 is 5.32 Å². The molecule has 1 heterocycles. The van der Waals surface area contributed by atoms with E-state index < -0.39 is 17.7 Å². The van der Waals surface area contributed by atoms with Crippen molar-refractivity contribution in [1.82, 2.24) is 5.32 Å². The first-order valence-corrected chi connectivity index (χ1v) is 8.22. The van der Waals surface area contributed by atoms with E-state index in [0.29, 0.717) is 10.9 Å². The molecule has 9 heteroatoms. The number of esters is 1. The van der Waals surface area contributed by atoms with Crippen LogP contribution in [-0.2, 0) is 19.7 Å². The molecule has 1 fully saturated rings. The van der Waals surface area contributed by atoms with Gasteiger partial charge in [-0.15, -0.1) is 5.10 Å². The molecule has 0 bridgehead atoms. The van der Waals surface area contributed by atoms with Crippen LogP contribution in [0.15, 0.2) is 39.4 Å². The lowest BCUT2D eigenvalue weighted by atomic mass is 10.1. The molecule has 1 aliphatic rings. The fourth-order valence-corrected chi connectivity index (χ4v) is 2.85. The first-order chi connectivity index (χ1) is 11.0. The van der Waals surface area contributed by atoms with Crippen molar-refractivity contribution in [2.45, 2.75) is 5.33 Å². The molecule has 120 valence electrons. The smallest absolute Gasteiger partial charge is 0.331 e. The zero-order chi connectivity index (χ0) is 16.8. The van der Waals surface area contributed by atoms with Crippen LogP contribution in [-0.4, -0.2) is 30.4 Å². The van der Waals surface area contributed by atoms with Gasteiger partial charge in [0, 0.05) is 17.0 Å². The average Bonchev–Trinajstić information content (AvgIpc) is 2.88. The summed E-state index contributed by atoms with van der Waals surface area (Å²) in [7, 11) is 1.21. The number of carbonyl (C=O) groups is 2. The van der Waals surface area contributed by atoms with E-state index in [1.165, 1.54) is 19.4 Å². The highest BCUT2D eigenvalue weighted by Crippen LogP contribution is 2.23. The number of halogens is 2. The highest BCUT2D eigenvalue weighted by molar-refractivity contribution is 9.08. The third-order valence-corrected chi connectivity index (χ3v) is 4.23. The van der Waals surface area contributed by atoms with Gasteiger partial charge < -0.3 is 4.74 Å². The topological polar surface area (TPSA) is 80.1 Å². The molecular weight excluding hydrogens is 389 g/mol. The largest absolute Gasteiger partial charge is 0.466 e. The molecule has 0 unspecified atom stereocenters. The Labute approximate surface area is 144 Å². The molecule has 0 aliphatic carbocycles. The standard InChI is InChI=1S/C14H11BrFN3O3S/c1-22-12(20)5-11-13(21)18-14(23-11)19-17-7-9-8(6-15)3-2-4-10(9)16/h2-5,7H,6H2,1H3,(H,18,19,21)/b11-5+,17-7?. The van der Waals surface area contributed by atoms with Gasteiger partial charge >= 0.3 is 5.97 Å². The zero-order valence-electron chi connectivity index (χ0n) is 11.9. The highest BCUT2D eigenvalue weighted by Gasteiger charge is 2.25. The van der Waals surface area contributed by atoms with Gasteiger partial charge in [-0.25, -0.2) is 9.18 Å². The van der Waals surface area contributed by atoms with Gasteiger partial charge in [0.05, 0.1) is 18.2 Å². The van der Waals surface area contributed by atoms with Gasteiger partial charge in [0.2, 0.25) is 0 Å². The number of hydrogen-bond acceptors (Lipinski definition) is 6. The molecule has 1 saturated heterocycles. The van der Waals surface area contributed by atoms with E-state index in [1.54, 1.807) is 12.1 Å². The summed E-state index contributed by atoms with van der Waals surface area (Å²) in [6.07, 6.45) is 2.33. The first-order valence-electron chi connectivity index (χ1n) is 6.28. The lowest BCUT2D eigenvalue weighted by molar-refractivity contribution is -0.135. The highest BCUT2D eigenvalue weighted by atomic mass is 79.9. The maximum absolute atomic E-state index is 13.7. The van der Waals surface area contributed by atoms with E-state index in [-0.39, 0.29) is 10.1 Å². The van der Waals surface area contributed by atoms with E-state index in [1.807, 2.05) is 0 Å². The first kappa shape index (κ1) is 17.4. The lowest BCUT2D eigenvalue weighted by Gasteiger charge is -2.01. The van der Waals surface area contributed by atoms with Gasteiger partial charge in [-0.3, -0.25) is 10.1 Å². The third-order valence-electron chi connectivity index (χ3n) is 2.72. The number of methoxy groups -OCH3 is 1. The number of amidine groups is 1. The van der Waals surface area contributed by atoms with Gasteiger partial charge in [0.15, 0.2) is 5.17 Å². The Hall–Kier alpha value is -2.00. The normalized spacial score (nSPS) is 18.0. The van der Waals surface area contributed by atoms with E-state index in [0.717, 1.165) is 23.4 Å². The maximum atomic E-state index is 13.7. The van der Waals surface area contributed by atoms with E-state index >= 15 is 0 Å². The summed E-state index contributed by atoms with van der Waals surface area (Å²) < 4.78 is 18.2. The van der Waals surface area contributed by atoms with Crippen LogP contribution in [0.3, 0.4) is 0 Å². The number of carbonyl (C=O) groups excluding carboxylic acids is 2. The lowest BCUT2D eigenvalue weighted by Crippen LogP contribution is -2.19. The number of alkyl halides is 1. The molecule has 2 rings (SSSR count). The molecule has 0 atom stereocenters. The van der Waals surface area contributed by atoms with Crippen molar-refractivity contribution >= 4 is 51.0 Å². The number of rotatable bonds is 4. The number of nitrogens with one attached hydrogen (secondary N) is 1. The summed E-state index contributed by atoms with van der Waals surface area (Å²) in [6.45, 7) is 0. The van der Waals surface area contributed by atoms with Crippen LogP contribution in [0.1, 0.15) is 11.1 Å². The Balaban J connectivity index is 2.15. The Morgan fingerprint density at radius 2 is 2.30 bits per heavy atom. The minimum absolute atomic E-state index is 0.151. The molecule has 0 radical (unpaired) electrons. The minimum atomic E-state index is -0.638. The Morgan fingerprint density at radius 1 is 1.52 bits per heavy atom. The molecule has 23 heavy (non-hydrogen) atoms. The van der Waals surface area contributed by atoms with Crippen LogP contribution in [0.25, 0.3) is 0 Å². The molecule has 0 aromatic heterocycles. The Bertz CT molecular complexity index is 734. The maximum Gasteiger partial charge on any atom is 0.331 e. The van der Waals surface area contributed by atoms with Gasteiger partial charge in [-0.05, 0) is 23.4 Å². The summed E-state index contributed by atoms with van der Waals surface area (Å²) in [6, 6.07) is 4.69. The van der Waals surface area contributed by atoms with Crippen molar-refractivity contribution in [2.75, 3.05) is 7.11 Å². The zero-order valence-corrected chi connectivity index (χ0v) is 14.3. The predicted octanol–water partition coefficient (Wildman–Crippen LogP) is 2.33. The molecule has 6 nitrogen and oxygen atoms in total. The van der Waals surface area contributed by atoms with Crippen LogP contribution in [0.2, 0.25) is 0 Å². The van der Waals surface area contributed by atoms with Gasteiger partial charge in [0.25, 0.3) is 5.91 Å². The molecule has 1 amide bonds. The van der Waals surface area contributed by atoms with Gasteiger partial charge in [-0.2, -0.15) is 5.10 Å². The van der Waals surface area contributed by atoms with Crippen LogP contribution in [0, 0.1) is 5.82 Å². The number of amides is 1. The van der Waals surface area contributed by atoms with E-state index in [9.17, 15) is 14.0 Å². The molecule has 1 aromatic rings. The molecule has 1 N–H and O–H groups in total. The SMILES string of the molecule is COC(=O)/C=C1/S/C(=N\N=Cc2c(F)cccc2CBr)NC1=O. The fourth-order valence-electron chi connectivity index (χ4n) is 1.62. The van der Waals surface area contributed by atoms with Crippen molar-refractivity contribution in [3.05, 3.63) is 46.1 Å². The number of nitrogens with zero attached hydrogens (tertiary/aromatic N) is 2. The van der Waals surface area contributed by atoms with Gasteiger partial charge in [0.1, 0.15) is 5.82 Å². The quantitative estimate of drug-likeness (QED) is 0.277. The summed E-state index contributed by atoms with van der Waals surface area (Å²) in [5.74, 6) is -1.53. The molecule has 1 aromatic carbocycles. The summed E-state index contributed by atoms with van der Waals surface area (Å²) in [5, 5.41) is 10.7. The predicted molar refractivity (Wildman–Crippen MR) is 89.9 cm³/mol. The number of ether oxygens (including phenoxy) is 1. The number of thioether (sulfide) groups is 1. The van der Waals surface area contributed by atoms with Crippen molar-refractivity contribution in [1.29, 1.82) is 0 Å². The second-order valence-electron chi connectivity index (χ2n) is 4.18. The average molecular weight is 400 g/mol. The van der Waals surface area contributed by atoms with Crippen LogP contribution in [0.4, 0.5) is 4.39 Å². The van der Waals surface area contributed by atoms with Crippen molar-refractivity contribution in [3.8, 4) is 0 Å². The minimum Gasteiger partial charge on any atom is -0.466 e. The molecule has 1 aliphatic heterocycles. The number of benzene rings is 1. The second kappa shape index (κ2) is 8.02. The monoisotopic (exact) mass is 399 g/mol. The van der Waals surface area contributed by atoms with Crippen molar-refractivity contribution in [2.24, 2.45) is 10.2 Å². The second-order valence-corrected chi connectivity index (χ2v) is 5.78. The van der Waals surface area contributed by atoms with Crippen LogP contribution >= 0.6 is 27.7 Å². The summed E-state index contributed by atoms with van der Waals surface area (Å²) >= 11 is 4.21. The fraction of sp³-hybridized carbons (Fsp3) is 0.143. The molecular formula is C14H11BrFN3O3S. The third kappa shape index (κ3) is 4.49. The van der Waals surface area contributed by atoms with E-state index in [4.69, 9.17) is 0 Å². The Morgan fingerprint density at radius 3 is 3.00 bits per heavy atom. The number of hydrogen-bond donors (Lipinski definition) is 1. The van der Waals surface area contributed by atoms with Crippen molar-refractivity contribution < 1.29 is 18.7 Å². The molecule has 0 spiro atoms. The van der Waals surface area contributed by atoms with Crippen molar-refractivity contribution in [3.63, 3.8) is 0 Å².